The molecule has 12 heavy (non-hydrogen) atoms. The molecule has 2 heterocycles. The van der Waals surface area contributed by atoms with E-state index in [4.69, 9.17) is 0 Å². The van der Waals surface area contributed by atoms with Crippen LogP contribution in [0.1, 0.15) is 26.2 Å². The standard InChI is InChI=1S/C11H17N/c1-8(2)11-5-4-10-6-9(3)12(11)7-10/h10-11H,1,3-7H2,2H3. The van der Waals surface area contributed by atoms with Crippen molar-refractivity contribution < 1.29 is 0 Å². The number of nitrogens with zero attached hydrogens (tertiary/aromatic N) is 1. The lowest BCUT2D eigenvalue weighted by atomic mass is 9.93. The van der Waals surface area contributed by atoms with Crippen LogP contribution in [0.15, 0.2) is 24.4 Å². The molecule has 0 aromatic carbocycles. The topological polar surface area (TPSA) is 3.24 Å². The molecule has 66 valence electrons. The molecule has 1 nitrogen and oxygen atoms in total. The van der Waals surface area contributed by atoms with E-state index in [-0.39, 0.29) is 0 Å². The van der Waals surface area contributed by atoms with E-state index in [0.717, 1.165) is 5.92 Å². The van der Waals surface area contributed by atoms with E-state index in [2.05, 4.69) is 25.0 Å². The van der Waals surface area contributed by atoms with E-state index in [9.17, 15) is 0 Å². The lowest BCUT2D eigenvalue weighted by Crippen LogP contribution is -2.36. The van der Waals surface area contributed by atoms with Gasteiger partial charge in [0.05, 0.1) is 0 Å². The third-order valence-electron chi connectivity index (χ3n) is 3.18. The fourth-order valence-corrected chi connectivity index (χ4v) is 2.53. The van der Waals surface area contributed by atoms with Gasteiger partial charge in [0, 0.05) is 18.3 Å². The van der Waals surface area contributed by atoms with Gasteiger partial charge < -0.3 is 4.90 Å². The van der Waals surface area contributed by atoms with Gasteiger partial charge in [-0.25, -0.2) is 0 Å². The zero-order valence-electron chi connectivity index (χ0n) is 7.84. The third kappa shape index (κ3) is 1.08. The molecule has 2 fully saturated rings. The molecule has 2 bridgehead atoms. The summed E-state index contributed by atoms with van der Waals surface area (Å²) in [5, 5.41) is 0. The van der Waals surface area contributed by atoms with Crippen molar-refractivity contribution in [3.63, 3.8) is 0 Å². The average molecular weight is 163 g/mol. The van der Waals surface area contributed by atoms with Crippen molar-refractivity contribution in [1.29, 1.82) is 0 Å². The van der Waals surface area contributed by atoms with Crippen LogP contribution in [0.25, 0.3) is 0 Å². The van der Waals surface area contributed by atoms with E-state index < -0.39 is 0 Å². The lowest BCUT2D eigenvalue weighted by molar-refractivity contribution is 0.232. The summed E-state index contributed by atoms with van der Waals surface area (Å²) in [5.41, 5.74) is 2.64. The Kier molecular flexibility index (Phi) is 1.75. The van der Waals surface area contributed by atoms with Crippen LogP contribution in [0.4, 0.5) is 0 Å². The minimum Gasteiger partial charge on any atom is -0.368 e. The van der Waals surface area contributed by atoms with Gasteiger partial charge in [-0.05, 0) is 32.1 Å². The van der Waals surface area contributed by atoms with Crippen LogP contribution >= 0.6 is 0 Å². The van der Waals surface area contributed by atoms with Gasteiger partial charge in [-0.3, -0.25) is 0 Å². The molecule has 2 aliphatic heterocycles. The predicted molar refractivity (Wildman–Crippen MR) is 51.8 cm³/mol. The minimum atomic E-state index is 0.594. The van der Waals surface area contributed by atoms with Crippen molar-refractivity contribution in [3.8, 4) is 0 Å². The highest BCUT2D eigenvalue weighted by Crippen LogP contribution is 2.38. The molecule has 2 saturated heterocycles. The van der Waals surface area contributed by atoms with Gasteiger partial charge in [0.25, 0.3) is 0 Å². The Bertz CT molecular complexity index is 229. The van der Waals surface area contributed by atoms with Crippen molar-refractivity contribution in [2.24, 2.45) is 5.92 Å². The van der Waals surface area contributed by atoms with Gasteiger partial charge in [-0.1, -0.05) is 18.7 Å². The van der Waals surface area contributed by atoms with Gasteiger partial charge in [-0.15, -0.1) is 0 Å². The maximum Gasteiger partial charge on any atom is 0.0494 e. The largest absolute Gasteiger partial charge is 0.368 e. The molecule has 1 heteroatoms. The highest BCUT2D eigenvalue weighted by molar-refractivity contribution is 5.16. The van der Waals surface area contributed by atoms with Gasteiger partial charge >= 0.3 is 0 Å². The van der Waals surface area contributed by atoms with Crippen LogP contribution in [0.3, 0.4) is 0 Å². The molecule has 0 aromatic heterocycles. The number of allylic oxidation sites excluding steroid dienone is 1. The predicted octanol–water partition coefficient (Wildman–Crippen LogP) is 2.56. The molecule has 2 rings (SSSR count). The first kappa shape index (κ1) is 7.90. The second-order valence-corrected chi connectivity index (χ2v) is 4.23. The van der Waals surface area contributed by atoms with Gasteiger partial charge in [0.1, 0.15) is 0 Å². The Labute approximate surface area is 74.8 Å². The SMILES string of the molecule is C=C(C)C1CCC2CC(=C)N1C2. The molecule has 0 N–H and O–H groups in total. The van der Waals surface area contributed by atoms with Gasteiger partial charge in [-0.2, -0.15) is 0 Å². The van der Waals surface area contributed by atoms with Crippen molar-refractivity contribution in [2.75, 3.05) is 6.54 Å². The molecule has 0 aromatic rings. The van der Waals surface area contributed by atoms with Crippen molar-refractivity contribution in [2.45, 2.75) is 32.2 Å². The summed E-state index contributed by atoms with van der Waals surface area (Å²) in [7, 11) is 0. The number of rotatable bonds is 1. The average Bonchev–Trinajstić information content (AvgIpc) is 2.28. The van der Waals surface area contributed by atoms with E-state index in [1.165, 1.54) is 37.1 Å². The van der Waals surface area contributed by atoms with Crippen molar-refractivity contribution in [1.82, 2.24) is 4.90 Å². The van der Waals surface area contributed by atoms with Crippen LogP contribution in [0, 0.1) is 5.92 Å². The zero-order chi connectivity index (χ0) is 8.72. The number of piperidine rings is 1. The van der Waals surface area contributed by atoms with Crippen molar-refractivity contribution in [3.05, 3.63) is 24.4 Å². The second-order valence-electron chi connectivity index (χ2n) is 4.23. The monoisotopic (exact) mass is 163 g/mol. The number of fused-ring (bicyclic) bond motifs is 2. The fourth-order valence-electron chi connectivity index (χ4n) is 2.53. The summed E-state index contributed by atoms with van der Waals surface area (Å²) >= 11 is 0. The lowest BCUT2D eigenvalue weighted by Gasteiger charge is -2.34. The Balaban J connectivity index is 2.18. The van der Waals surface area contributed by atoms with Gasteiger partial charge in [0.15, 0.2) is 0 Å². The molecule has 0 aliphatic carbocycles. The Morgan fingerprint density at radius 1 is 1.50 bits per heavy atom. The van der Waals surface area contributed by atoms with E-state index in [1.807, 2.05) is 0 Å². The van der Waals surface area contributed by atoms with E-state index in [0.29, 0.717) is 6.04 Å². The smallest absolute Gasteiger partial charge is 0.0494 e. The maximum atomic E-state index is 4.11. The molecule has 0 amide bonds. The summed E-state index contributed by atoms with van der Waals surface area (Å²) < 4.78 is 0. The fraction of sp³-hybridized carbons (Fsp3) is 0.636. The van der Waals surface area contributed by atoms with Gasteiger partial charge in [0.2, 0.25) is 0 Å². The minimum absolute atomic E-state index is 0.594. The Morgan fingerprint density at radius 3 is 2.92 bits per heavy atom. The normalized spacial score (nSPS) is 34.1. The Hall–Kier alpha value is -0.720. The molecule has 2 atom stereocenters. The molecular weight excluding hydrogens is 146 g/mol. The van der Waals surface area contributed by atoms with Crippen LogP contribution < -0.4 is 0 Å². The summed E-state index contributed by atoms with van der Waals surface area (Å²) in [4.78, 5) is 2.45. The first-order chi connectivity index (χ1) is 5.68. The summed E-state index contributed by atoms with van der Waals surface area (Å²) in [5.74, 6) is 0.896. The molecular formula is C11H17N. The quantitative estimate of drug-likeness (QED) is 0.537. The van der Waals surface area contributed by atoms with Crippen molar-refractivity contribution >= 4 is 0 Å². The van der Waals surface area contributed by atoms with Crippen LogP contribution in [-0.2, 0) is 0 Å². The molecule has 2 unspecified atom stereocenters. The maximum absolute atomic E-state index is 4.11. The summed E-state index contributed by atoms with van der Waals surface area (Å²) in [6.07, 6.45) is 3.88. The second kappa shape index (κ2) is 2.65. The number of hydrogen-bond donors (Lipinski definition) is 0. The number of hydrogen-bond acceptors (Lipinski definition) is 1. The highest BCUT2D eigenvalue weighted by atomic mass is 15.2. The molecule has 0 radical (unpaired) electrons. The van der Waals surface area contributed by atoms with Crippen LogP contribution in [0.5, 0.6) is 0 Å². The summed E-state index contributed by atoms with van der Waals surface area (Å²) in [6, 6.07) is 0.594. The summed E-state index contributed by atoms with van der Waals surface area (Å²) in [6.45, 7) is 11.5. The zero-order valence-corrected chi connectivity index (χ0v) is 7.84. The highest BCUT2D eigenvalue weighted by Gasteiger charge is 2.35. The van der Waals surface area contributed by atoms with E-state index >= 15 is 0 Å². The van der Waals surface area contributed by atoms with Crippen LogP contribution in [0.2, 0.25) is 0 Å². The van der Waals surface area contributed by atoms with E-state index in [1.54, 1.807) is 0 Å². The molecule has 2 aliphatic rings. The third-order valence-corrected chi connectivity index (χ3v) is 3.18. The molecule has 0 saturated carbocycles. The van der Waals surface area contributed by atoms with Crippen LogP contribution in [-0.4, -0.2) is 17.5 Å². The molecule has 0 spiro atoms. The first-order valence-corrected chi connectivity index (χ1v) is 4.78. The Morgan fingerprint density at radius 2 is 2.25 bits per heavy atom. The first-order valence-electron chi connectivity index (χ1n) is 4.78.